The van der Waals surface area contributed by atoms with Crippen molar-refractivity contribution in [2.75, 3.05) is 10.3 Å². The van der Waals surface area contributed by atoms with Crippen LogP contribution in [0.1, 0.15) is 32.8 Å². The third-order valence-electron chi connectivity index (χ3n) is 4.71. The fraction of sp³-hybridized carbons (Fsp3) is 0.318. The van der Waals surface area contributed by atoms with Gasteiger partial charge in [0.2, 0.25) is 12.3 Å². The number of alkyl halides is 4. The molecule has 172 valence electrons. The maximum atomic E-state index is 13.9. The molecule has 0 heterocycles. The number of carbonyl (C=O) groups is 2. The van der Waals surface area contributed by atoms with Crippen molar-refractivity contribution in [1.29, 1.82) is 0 Å². The molecule has 1 N–H and O–H groups in total. The molecule has 10 heteroatoms. The molecule has 0 radical (unpaired) electrons. The number of carbonyl (C=O) groups excluding carboxylic acids is 2. The number of nitrogens with zero attached hydrogens (tertiary/aromatic N) is 2. The first-order valence-corrected chi connectivity index (χ1v) is 9.71. The summed E-state index contributed by atoms with van der Waals surface area (Å²) < 4.78 is 56.6. The number of rotatable bonds is 10. The molecule has 1 atom stereocenters. The van der Waals surface area contributed by atoms with Crippen LogP contribution in [0.25, 0.3) is 0 Å². The molecule has 2 rings (SSSR count). The number of hydrazone groups is 1. The maximum Gasteiger partial charge on any atom is 0.387 e. The minimum absolute atomic E-state index is 0.0843. The van der Waals surface area contributed by atoms with Gasteiger partial charge in [-0.15, -0.1) is 0 Å². The average Bonchev–Trinajstić information content (AvgIpc) is 2.77. The normalized spacial score (nSPS) is 12.9. The van der Waals surface area contributed by atoms with E-state index in [1.165, 1.54) is 62.4 Å². The average molecular weight is 453 g/mol. The van der Waals surface area contributed by atoms with E-state index < -0.39 is 24.4 Å². The Labute approximate surface area is 182 Å². The number of anilines is 2. The minimum Gasteiger partial charge on any atom is -0.435 e. The van der Waals surface area contributed by atoms with E-state index in [2.05, 4.69) is 15.2 Å². The lowest BCUT2D eigenvalue weighted by Crippen LogP contribution is -2.28. The Hall–Kier alpha value is -3.43. The predicted octanol–water partition coefficient (Wildman–Crippen LogP) is 5.40. The smallest absolute Gasteiger partial charge is 0.387 e. The lowest BCUT2D eigenvalue weighted by molar-refractivity contribution is -0.117. The van der Waals surface area contributed by atoms with Crippen LogP contribution in [0, 0.1) is 5.92 Å². The number of nitrogens with one attached hydrogen (secondary N) is 1. The van der Waals surface area contributed by atoms with Gasteiger partial charge in [0.05, 0.1) is 11.6 Å². The van der Waals surface area contributed by atoms with E-state index in [-0.39, 0.29) is 34.8 Å². The molecule has 0 aromatic heterocycles. The Kier molecular flexibility index (Phi) is 8.34. The summed E-state index contributed by atoms with van der Waals surface area (Å²) in [5.74, 6) is -4.40. The summed E-state index contributed by atoms with van der Waals surface area (Å²) in [6, 6.07) is 10.6. The van der Waals surface area contributed by atoms with E-state index in [4.69, 9.17) is 0 Å². The number of benzene rings is 2. The highest BCUT2D eigenvalue weighted by Gasteiger charge is 2.29. The predicted molar refractivity (Wildman–Crippen MR) is 113 cm³/mol. The largest absolute Gasteiger partial charge is 0.435 e. The zero-order valence-electron chi connectivity index (χ0n) is 17.7. The second-order valence-electron chi connectivity index (χ2n) is 6.91. The van der Waals surface area contributed by atoms with Crippen LogP contribution in [0.4, 0.5) is 28.9 Å². The van der Waals surface area contributed by atoms with Gasteiger partial charge in [0, 0.05) is 23.4 Å². The molecule has 0 aliphatic carbocycles. The fourth-order valence-electron chi connectivity index (χ4n) is 2.65. The van der Waals surface area contributed by atoms with E-state index in [9.17, 15) is 27.2 Å². The minimum atomic E-state index is -3.01. The molecule has 6 nitrogen and oxygen atoms in total. The molecule has 1 unspecified atom stereocenters. The van der Waals surface area contributed by atoms with Crippen molar-refractivity contribution in [3.63, 3.8) is 0 Å². The summed E-state index contributed by atoms with van der Waals surface area (Å²) in [6.07, 6.45) is 0.0245. The van der Waals surface area contributed by atoms with Gasteiger partial charge in [-0.25, -0.2) is 13.8 Å². The van der Waals surface area contributed by atoms with Crippen LogP contribution >= 0.6 is 0 Å². The van der Waals surface area contributed by atoms with Crippen molar-refractivity contribution in [2.24, 2.45) is 11.0 Å². The summed E-state index contributed by atoms with van der Waals surface area (Å²) >= 11 is 0. The molecule has 0 saturated heterocycles. The number of hydrogen-bond acceptors (Lipinski definition) is 4. The van der Waals surface area contributed by atoms with Crippen molar-refractivity contribution in [1.82, 2.24) is 0 Å². The Morgan fingerprint density at radius 1 is 1.22 bits per heavy atom. The first-order chi connectivity index (χ1) is 15.1. The van der Waals surface area contributed by atoms with Crippen LogP contribution in [0.3, 0.4) is 0 Å². The number of hydrogen-bond donors (Lipinski definition) is 1. The number of amides is 2. The van der Waals surface area contributed by atoms with Gasteiger partial charge in [-0.2, -0.15) is 13.9 Å². The second kappa shape index (κ2) is 10.7. The van der Waals surface area contributed by atoms with Gasteiger partial charge in [-0.1, -0.05) is 19.1 Å². The van der Waals surface area contributed by atoms with E-state index in [0.717, 1.165) is 5.01 Å². The topological polar surface area (TPSA) is 71.0 Å². The highest BCUT2D eigenvalue weighted by atomic mass is 19.3. The third-order valence-corrected chi connectivity index (χ3v) is 4.71. The molecule has 2 amide bonds. The molecule has 0 saturated carbocycles. The Balaban J connectivity index is 2.12. The maximum absolute atomic E-state index is 13.9. The number of halogens is 4. The standard InChI is InChI=1S/C22H23F4N3O3/c1-4-22(25,26)16-6-5-7-17(12-16)27-20(31)14(2)15(3)28-29(13-30)18-8-10-19(11-9-18)32-21(23)24/h5-14,21H,4H2,1-3H3,(H,27,31)/b28-15-. The molecular weight excluding hydrogens is 430 g/mol. The molecule has 0 aliphatic heterocycles. The molecule has 2 aromatic rings. The molecule has 32 heavy (non-hydrogen) atoms. The Morgan fingerprint density at radius 2 is 1.88 bits per heavy atom. The van der Waals surface area contributed by atoms with Crippen molar-refractivity contribution in [2.45, 2.75) is 39.7 Å². The molecule has 0 fully saturated rings. The first-order valence-electron chi connectivity index (χ1n) is 9.71. The van der Waals surface area contributed by atoms with Crippen LogP contribution in [0.2, 0.25) is 0 Å². The van der Waals surface area contributed by atoms with Crippen LogP contribution in [0.5, 0.6) is 5.75 Å². The van der Waals surface area contributed by atoms with Gasteiger partial charge in [-0.3, -0.25) is 9.59 Å². The van der Waals surface area contributed by atoms with Crippen molar-refractivity contribution in [3.8, 4) is 5.75 Å². The summed E-state index contributed by atoms with van der Waals surface area (Å²) in [4.78, 5) is 24.0. The SMILES string of the molecule is CCC(F)(F)c1cccc(NC(=O)C(C)/C(C)=N\N(C=O)c2ccc(OC(F)F)cc2)c1. The molecule has 2 aromatic carbocycles. The van der Waals surface area contributed by atoms with Crippen LogP contribution in [0.15, 0.2) is 53.6 Å². The van der Waals surface area contributed by atoms with Gasteiger partial charge in [-0.05, 0) is 50.2 Å². The summed E-state index contributed by atoms with van der Waals surface area (Å²) in [5.41, 5.74) is 0.532. The van der Waals surface area contributed by atoms with Crippen LogP contribution in [-0.2, 0) is 15.5 Å². The van der Waals surface area contributed by atoms with Gasteiger partial charge < -0.3 is 10.1 Å². The van der Waals surface area contributed by atoms with E-state index in [1.54, 1.807) is 6.92 Å². The fourth-order valence-corrected chi connectivity index (χ4v) is 2.65. The summed E-state index contributed by atoms with van der Waals surface area (Å²) in [5, 5.41) is 7.61. The zero-order chi connectivity index (χ0) is 23.9. The summed E-state index contributed by atoms with van der Waals surface area (Å²) in [6.45, 7) is 1.46. The van der Waals surface area contributed by atoms with E-state index in [0.29, 0.717) is 6.41 Å². The van der Waals surface area contributed by atoms with Gasteiger partial charge in [0.25, 0.3) is 5.92 Å². The lowest BCUT2D eigenvalue weighted by atomic mass is 10.0. The summed E-state index contributed by atoms with van der Waals surface area (Å²) in [7, 11) is 0. The number of ether oxygens (including phenoxy) is 1. The third kappa shape index (κ3) is 6.53. The molecular formula is C22H23F4N3O3. The molecule has 0 aliphatic rings. The van der Waals surface area contributed by atoms with Gasteiger partial charge in [0.15, 0.2) is 0 Å². The zero-order valence-corrected chi connectivity index (χ0v) is 17.7. The van der Waals surface area contributed by atoms with E-state index >= 15 is 0 Å². The van der Waals surface area contributed by atoms with Crippen molar-refractivity contribution in [3.05, 3.63) is 54.1 Å². The Bertz CT molecular complexity index is 965. The van der Waals surface area contributed by atoms with Crippen molar-refractivity contribution >= 4 is 29.4 Å². The van der Waals surface area contributed by atoms with Crippen molar-refractivity contribution < 1.29 is 31.9 Å². The monoisotopic (exact) mass is 453 g/mol. The molecule has 0 bridgehead atoms. The quantitative estimate of drug-likeness (QED) is 0.227. The van der Waals surface area contributed by atoms with Gasteiger partial charge in [0.1, 0.15) is 5.75 Å². The molecule has 0 spiro atoms. The van der Waals surface area contributed by atoms with Crippen LogP contribution < -0.4 is 15.1 Å². The van der Waals surface area contributed by atoms with Gasteiger partial charge >= 0.3 is 6.61 Å². The lowest BCUT2D eigenvalue weighted by Gasteiger charge is -2.18. The highest BCUT2D eigenvalue weighted by Crippen LogP contribution is 2.32. The Morgan fingerprint density at radius 3 is 2.44 bits per heavy atom. The highest BCUT2D eigenvalue weighted by molar-refractivity contribution is 6.08. The van der Waals surface area contributed by atoms with E-state index in [1.807, 2.05) is 0 Å². The first kappa shape index (κ1) is 24.8. The van der Waals surface area contributed by atoms with Crippen LogP contribution in [-0.4, -0.2) is 24.6 Å². The second-order valence-corrected chi connectivity index (χ2v) is 6.91.